The van der Waals surface area contributed by atoms with Gasteiger partial charge in [0.05, 0.1) is 36.1 Å². The normalized spacial score (nSPS) is 10.7. The first-order chi connectivity index (χ1) is 16.8. The molecular weight excluding hydrogens is 473 g/mol. The van der Waals surface area contributed by atoms with Crippen molar-refractivity contribution in [3.05, 3.63) is 71.3 Å². The largest absolute Gasteiger partial charge is 0.493 e. The van der Waals surface area contributed by atoms with E-state index in [2.05, 4.69) is 20.6 Å². The number of hydrogen-bond acceptors (Lipinski definition) is 7. The molecule has 0 atom stereocenters. The molecule has 0 saturated carbocycles. The van der Waals surface area contributed by atoms with E-state index in [9.17, 15) is 9.18 Å². The van der Waals surface area contributed by atoms with Gasteiger partial charge in [-0.15, -0.1) is 0 Å². The van der Waals surface area contributed by atoms with Gasteiger partial charge >= 0.3 is 0 Å². The highest BCUT2D eigenvalue weighted by molar-refractivity contribution is 6.34. The van der Waals surface area contributed by atoms with Gasteiger partial charge in [-0.2, -0.15) is 0 Å². The van der Waals surface area contributed by atoms with Gasteiger partial charge in [-0.25, -0.2) is 14.4 Å². The van der Waals surface area contributed by atoms with Crippen molar-refractivity contribution >= 4 is 51.3 Å². The third-order valence-electron chi connectivity index (χ3n) is 5.32. The fraction of sp³-hybridized carbons (Fsp3) is 0.160. The van der Waals surface area contributed by atoms with Crippen LogP contribution in [0, 0.1) is 5.82 Å². The van der Waals surface area contributed by atoms with Gasteiger partial charge in [-0.1, -0.05) is 17.7 Å². The second-order valence-electron chi connectivity index (χ2n) is 7.78. The zero-order valence-corrected chi connectivity index (χ0v) is 20.3. The fourth-order valence-corrected chi connectivity index (χ4v) is 3.67. The Morgan fingerprint density at radius 1 is 1.00 bits per heavy atom. The van der Waals surface area contributed by atoms with Crippen LogP contribution in [0.4, 0.5) is 27.3 Å². The molecular formula is C25H23ClFN5O3. The van der Waals surface area contributed by atoms with Crippen LogP contribution < -0.4 is 25.0 Å². The molecule has 2 N–H and O–H groups in total. The minimum atomic E-state index is -0.616. The van der Waals surface area contributed by atoms with Crippen LogP contribution in [0.15, 0.2) is 54.9 Å². The number of aromatic nitrogens is 2. The minimum Gasteiger partial charge on any atom is -0.493 e. The van der Waals surface area contributed by atoms with E-state index in [1.54, 1.807) is 30.3 Å². The number of amides is 1. The molecule has 35 heavy (non-hydrogen) atoms. The summed E-state index contributed by atoms with van der Waals surface area (Å²) in [5.74, 6) is 0.327. The van der Waals surface area contributed by atoms with Crippen molar-refractivity contribution in [3.8, 4) is 11.5 Å². The van der Waals surface area contributed by atoms with Crippen LogP contribution in [0.25, 0.3) is 10.9 Å². The van der Waals surface area contributed by atoms with Gasteiger partial charge in [0.25, 0.3) is 5.91 Å². The maximum atomic E-state index is 14.8. The van der Waals surface area contributed by atoms with E-state index in [0.29, 0.717) is 33.8 Å². The number of carbonyl (C=O) groups excluding carboxylic acids is 1. The molecule has 0 bridgehead atoms. The molecule has 180 valence electrons. The Kier molecular flexibility index (Phi) is 6.88. The first kappa shape index (κ1) is 24.0. The number of hydrogen-bond donors (Lipinski definition) is 2. The number of ether oxygens (including phenoxy) is 2. The second-order valence-corrected chi connectivity index (χ2v) is 8.19. The number of carbonyl (C=O) groups is 1. The summed E-state index contributed by atoms with van der Waals surface area (Å²) in [6, 6.07) is 13.1. The molecule has 1 aromatic heterocycles. The monoisotopic (exact) mass is 495 g/mol. The molecule has 8 nitrogen and oxygen atoms in total. The predicted octanol–water partition coefficient (Wildman–Crippen LogP) is 5.50. The number of anilines is 4. The zero-order valence-electron chi connectivity index (χ0n) is 19.5. The molecule has 0 saturated heterocycles. The third kappa shape index (κ3) is 5.04. The number of nitrogens with one attached hydrogen (secondary N) is 2. The number of rotatable bonds is 7. The van der Waals surface area contributed by atoms with Crippen LogP contribution in [0.2, 0.25) is 5.02 Å². The first-order valence-electron chi connectivity index (χ1n) is 10.5. The van der Waals surface area contributed by atoms with Crippen molar-refractivity contribution in [3.63, 3.8) is 0 Å². The van der Waals surface area contributed by atoms with Gasteiger partial charge < -0.3 is 25.0 Å². The first-order valence-corrected chi connectivity index (χ1v) is 10.9. The Morgan fingerprint density at radius 2 is 1.74 bits per heavy atom. The number of fused-ring (bicyclic) bond motifs is 1. The van der Waals surface area contributed by atoms with Crippen molar-refractivity contribution in [1.29, 1.82) is 0 Å². The summed E-state index contributed by atoms with van der Waals surface area (Å²) in [6.45, 7) is 0. The summed E-state index contributed by atoms with van der Waals surface area (Å²) >= 11 is 6.24. The molecule has 3 aromatic carbocycles. The average molecular weight is 496 g/mol. The number of methoxy groups -OCH3 is 2. The Morgan fingerprint density at radius 3 is 2.46 bits per heavy atom. The lowest BCUT2D eigenvalue weighted by Gasteiger charge is -2.15. The summed E-state index contributed by atoms with van der Waals surface area (Å²) in [5, 5.41) is 6.37. The van der Waals surface area contributed by atoms with E-state index in [-0.39, 0.29) is 22.3 Å². The van der Waals surface area contributed by atoms with Crippen LogP contribution in [-0.4, -0.2) is 44.2 Å². The summed E-state index contributed by atoms with van der Waals surface area (Å²) in [6.07, 6.45) is 1.35. The van der Waals surface area contributed by atoms with Gasteiger partial charge in [-0.3, -0.25) is 4.79 Å². The van der Waals surface area contributed by atoms with E-state index in [4.69, 9.17) is 21.1 Å². The molecule has 10 heteroatoms. The van der Waals surface area contributed by atoms with Crippen molar-refractivity contribution in [2.24, 2.45) is 0 Å². The molecule has 0 aliphatic rings. The summed E-state index contributed by atoms with van der Waals surface area (Å²) in [4.78, 5) is 23.2. The lowest BCUT2D eigenvalue weighted by molar-refractivity contribution is 0.102. The lowest BCUT2D eigenvalue weighted by Crippen LogP contribution is -2.14. The molecule has 0 aliphatic carbocycles. The highest BCUT2D eigenvalue weighted by atomic mass is 35.5. The molecule has 1 heterocycles. The minimum absolute atomic E-state index is 0.0594. The average Bonchev–Trinajstić information content (AvgIpc) is 2.86. The van der Waals surface area contributed by atoms with Crippen LogP contribution in [0.3, 0.4) is 0 Å². The molecule has 0 aliphatic heterocycles. The molecule has 0 spiro atoms. The Hall–Kier alpha value is -4.11. The number of nitrogens with zero attached hydrogens (tertiary/aromatic N) is 3. The zero-order chi connectivity index (χ0) is 25.1. The summed E-state index contributed by atoms with van der Waals surface area (Å²) in [7, 11) is 6.81. The van der Waals surface area contributed by atoms with Crippen LogP contribution in [-0.2, 0) is 0 Å². The smallest absolute Gasteiger partial charge is 0.255 e. The Bertz CT molecular complexity index is 1410. The molecule has 0 unspecified atom stereocenters. The summed E-state index contributed by atoms with van der Waals surface area (Å²) in [5.41, 5.74) is 2.20. The summed E-state index contributed by atoms with van der Waals surface area (Å²) < 4.78 is 25.5. The van der Waals surface area contributed by atoms with E-state index in [0.717, 1.165) is 11.8 Å². The van der Waals surface area contributed by atoms with Gasteiger partial charge in [0.15, 0.2) is 11.5 Å². The van der Waals surface area contributed by atoms with Crippen molar-refractivity contribution in [2.75, 3.05) is 43.8 Å². The number of halogens is 2. The predicted molar refractivity (Wildman–Crippen MR) is 136 cm³/mol. The van der Waals surface area contributed by atoms with Crippen molar-refractivity contribution in [2.45, 2.75) is 0 Å². The molecule has 1 amide bonds. The lowest BCUT2D eigenvalue weighted by atomic mass is 10.1. The van der Waals surface area contributed by atoms with Gasteiger partial charge in [-0.05, 0) is 36.4 Å². The van der Waals surface area contributed by atoms with E-state index < -0.39 is 5.82 Å². The van der Waals surface area contributed by atoms with Crippen LogP contribution >= 0.6 is 11.6 Å². The van der Waals surface area contributed by atoms with Crippen molar-refractivity contribution in [1.82, 2.24) is 9.97 Å². The van der Waals surface area contributed by atoms with Gasteiger partial charge in [0.1, 0.15) is 18.0 Å². The topological polar surface area (TPSA) is 88.6 Å². The number of benzene rings is 3. The molecule has 0 fully saturated rings. The maximum absolute atomic E-state index is 14.8. The van der Waals surface area contributed by atoms with E-state index >= 15 is 0 Å². The van der Waals surface area contributed by atoms with E-state index in [1.165, 1.54) is 26.6 Å². The van der Waals surface area contributed by atoms with Crippen LogP contribution in [0.5, 0.6) is 11.5 Å². The fourth-order valence-electron chi connectivity index (χ4n) is 3.47. The highest BCUT2D eigenvalue weighted by Gasteiger charge is 2.16. The molecule has 4 aromatic rings. The van der Waals surface area contributed by atoms with Crippen molar-refractivity contribution < 1.29 is 18.7 Å². The standard InChI is InChI=1S/C25H23ClFN5O3/c1-32(2)15-7-5-6-14(8-15)25(33)31-20-11-21(18(27)10-17(20)26)30-24-16-9-22(34-3)23(35-4)12-19(16)28-13-29-24/h5-13H,1-4H3,(H,31,33)(H,28,29,30). The van der Waals surface area contributed by atoms with Gasteiger partial charge in [0, 0.05) is 36.8 Å². The third-order valence-corrected chi connectivity index (χ3v) is 5.64. The molecule has 4 rings (SSSR count). The second kappa shape index (κ2) is 10.0. The van der Waals surface area contributed by atoms with Gasteiger partial charge in [0.2, 0.25) is 0 Å². The Labute approximate surface area is 206 Å². The quantitative estimate of drug-likeness (QED) is 0.350. The molecule has 0 radical (unpaired) electrons. The maximum Gasteiger partial charge on any atom is 0.255 e. The SMILES string of the molecule is COc1cc2ncnc(Nc3cc(NC(=O)c4cccc(N(C)C)c4)c(Cl)cc3F)c2cc1OC. The highest BCUT2D eigenvalue weighted by Crippen LogP contribution is 2.36. The van der Waals surface area contributed by atoms with E-state index in [1.807, 2.05) is 25.1 Å². The Balaban J connectivity index is 1.67. The van der Waals surface area contributed by atoms with Crippen LogP contribution in [0.1, 0.15) is 10.4 Å².